The first kappa shape index (κ1) is 11.6. The SMILES string of the molecule is CC1(F)C(F)C(F)(F)S(=O)(=O)C1(F)F. The van der Waals surface area contributed by atoms with Gasteiger partial charge in [-0.2, -0.15) is 17.6 Å². The second-order valence-corrected chi connectivity index (χ2v) is 5.08. The molecule has 84 valence electrons. The van der Waals surface area contributed by atoms with Crippen LogP contribution >= 0.6 is 0 Å². The molecule has 1 aliphatic heterocycles. The molecule has 0 N–H and O–H groups in total. The van der Waals surface area contributed by atoms with Gasteiger partial charge in [0, 0.05) is 0 Å². The third-order valence-corrected chi connectivity index (χ3v) is 4.03. The third kappa shape index (κ3) is 0.861. The van der Waals surface area contributed by atoms with Gasteiger partial charge in [-0.1, -0.05) is 0 Å². The van der Waals surface area contributed by atoms with Crippen molar-refractivity contribution in [3.8, 4) is 0 Å². The molecule has 0 radical (unpaired) electrons. The van der Waals surface area contributed by atoms with Crippen molar-refractivity contribution < 1.29 is 34.8 Å². The van der Waals surface area contributed by atoms with Gasteiger partial charge in [-0.25, -0.2) is 17.2 Å². The van der Waals surface area contributed by atoms with Gasteiger partial charge in [0.05, 0.1) is 0 Å². The van der Waals surface area contributed by atoms with E-state index in [0.29, 0.717) is 0 Å². The summed E-state index contributed by atoms with van der Waals surface area (Å²) in [7, 11) is -6.48. The Kier molecular flexibility index (Phi) is 1.96. The Morgan fingerprint density at radius 2 is 1.43 bits per heavy atom. The van der Waals surface area contributed by atoms with Crippen LogP contribution in [0.2, 0.25) is 0 Å². The van der Waals surface area contributed by atoms with E-state index in [-0.39, 0.29) is 6.92 Å². The molecule has 9 heteroatoms. The molecule has 2 unspecified atom stereocenters. The summed E-state index contributed by atoms with van der Waals surface area (Å²) in [6.45, 7) is -0.212. The van der Waals surface area contributed by atoms with E-state index in [2.05, 4.69) is 0 Å². The van der Waals surface area contributed by atoms with Gasteiger partial charge < -0.3 is 0 Å². The fraction of sp³-hybridized carbons (Fsp3) is 1.00. The smallest absolute Gasteiger partial charge is 0.236 e. The maximum atomic E-state index is 12.8. The number of rotatable bonds is 0. The summed E-state index contributed by atoms with van der Waals surface area (Å²) in [5, 5.41) is -10.8. The van der Waals surface area contributed by atoms with Crippen molar-refractivity contribution in [2.75, 3.05) is 0 Å². The number of hydrogen-bond acceptors (Lipinski definition) is 2. The normalized spacial score (nSPS) is 43.8. The van der Waals surface area contributed by atoms with Crippen molar-refractivity contribution in [2.24, 2.45) is 0 Å². The summed E-state index contributed by atoms with van der Waals surface area (Å²) in [6.07, 6.45) is -4.07. The Labute approximate surface area is 74.8 Å². The molecule has 0 aromatic heterocycles. The minimum absolute atomic E-state index is 0.212. The van der Waals surface area contributed by atoms with Crippen LogP contribution in [0.1, 0.15) is 6.92 Å². The molecule has 1 fully saturated rings. The zero-order valence-corrected chi connectivity index (χ0v) is 7.39. The fourth-order valence-electron chi connectivity index (χ4n) is 1.03. The van der Waals surface area contributed by atoms with Crippen LogP contribution in [-0.2, 0) is 9.84 Å². The predicted molar refractivity (Wildman–Crippen MR) is 33.2 cm³/mol. The maximum Gasteiger partial charge on any atom is 0.387 e. The van der Waals surface area contributed by atoms with E-state index in [9.17, 15) is 34.8 Å². The Hall–Kier alpha value is -0.470. The van der Waals surface area contributed by atoms with Gasteiger partial charge in [0.1, 0.15) is 0 Å². The number of halogens is 6. The Balaban J connectivity index is 3.55. The molecule has 0 bridgehead atoms. The third-order valence-electron chi connectivity index (χ3n) is 2.04. The Bertz CT molecular complexity index is 358. The van der Waals surface area contributed by atoms with Gasteiger partial charge in [-0.05, 0) is 6.92 Å². The summed E-state index contributed by atoms with van der Waals surface area (Å²) < 4.78 is 96.0. The molecule has 0 amide bonds. The van der Waals surface area contributed by atoms with Gasteiger partial charge >= 0.3 is 10.5 Å². The quantitative estimate of drug-likeness (QED) is 0.605. The van der Waals surface area contributed by atoms with Crippen LogP contribution < -0.4 is 0 Å². The molecule has 1 saturated heterocycles. The second kappa shape index (κ2) is 2.37. The highest BCUT2D eigenvalue weighted by molar-refractivity contribution is 7.94. The maximum absolute atomic E-state index is 12.8. The van der Waals surface area contributed by atoms with Gasteiger partial charge in [0.2, 0.25) is 11.8 Å². The minimum atomic E-state index is -6.48. The van der Waals surface area contributed by atoms with Crippen LogP contribution in [0.5, 0.6) is 0 Å². The summed E-state index contributed by atoms with van der Waals surface area (Å²) >= 11 is 0. The van der Waals surface area contributed by atoms with E-state index in [4.69, 9.17) is 0 Å². The topological polar surface area (TPSA) is 34.1 Å². The summed E-state index contributed by atoms with van der Waals surface area (Å²) in [4.78, 5) is 0. The largest absolute Gasteiger partial charge is 0.387 e. The summed E-state index contributed by atoms with van der Waals surface area (Å²) in [5.41, 5.74) is -4.42. The van der Waals surface area contributed by atoms with E-state index in [0.717, 1.165) is 0 Å². The number of alkyl halides is 6. The zero-order chi connectivity index (χ0) is 11.6. The zero-order valence-electron chi connectivity index (χ0n) is 6.57. The van der Waals surface area contributed by atoms with Crippen LogP contribution in [0.3, 0.4) is 0 Å². The van der Waals surface area contributed by atoms with Gasteiger partial charge in [-0.3, -0.25) is 0 Å². The average molecular weight is 242 g/mol. The van der Waals surface area contributed by atoms with E-state index in [1.54, 1.807) is 0 Å². The lowest BCUT2D eigenvalue weighted by atomic mass is 10.0. The highest BCUT2D eigenvalue weighted by Gasteiger charge is 2.85. The molecule has 2 atom stereocenters. The first-order chi connectivity index (χ1) is 5.90. The molecule has 0 spiro atoms. The lowest BCUT2D eigenvalue weighted by Crippen LogP contribution is -2.44. The second-order valence-electron chi connectivity index (χ2n) is 3.02. The fourth-order valence-corrected chi connectivity index (χ4v) is 2.50. The van der Waals surface area contributed by atoms with Crippen molar-refractivity contribution in [3.05, 3.63) is 0 Å². The number of hydrogen-bond donors (Lipinski definition) is 0. The van der Waals surface area contributed by atoms with Crippen molar-refractivity contribution in [1.29, 1.82) is 0 Å². The monoisotopic (exact) mass is 242 g/mol. The van der Waals surface area contributed by atoms with Crippen molar-refractivity contribution in [1.82, 2.24) is 0 Å². The molecule has 1 rings (SSSR count). The van der Waals surface area contributed by atoms with E-state index < -0.39 is 32.2 Å². The molecule has 14 heavy (non-hydrogen) atoms. The van der Waals surface area contributed by atoms with Crippen molar-refractivity contribution >= 4 is 9.84 Å². The molecule has 1 aliphatic rings. The van der Waals surface area contributed by atoms with Crippen LogP contribution in [0, 0.1) is 0 Å². The average Bonchev–Trinajstić information content (AvgIpc) is 2.05. The van der Waals surface area contributed by atoms with Crippen LogP contribution in [0.4, 0.5) is 26.3 Å². The molecule has 2 nitrogen and oxygen atoms in total. The molecule has 0 aromatic carbocycles. The molecular weight excluding hydrogens is 238 g/mol. The van der Waals surface area contributed by atoms with Gasteiger partial charge in [0.15, 0.2) is 0 Å². The van der Waals surface area contributed by atoms with Crippen molar-refractivity contribution in [3.63, 3.8) is 0 Å². The van der Waals surface area contributed by atoms with E-state index in [1.165, 1.54) is 0 Å². The molecule has 0 aromatic rings. The summed E-state index contributed by atoms with van der Waals surface area (Å²) in [5.74, 6) is 0. The van der Waals surface area contributed by atoms with Gasteiger partial charge in [0.25, 0.3) is 9.84 Å². The van der Waals surface area contributed by atoms with Crippen LogP contribution in [-0.4, -0.2) is 30.8 Å². The Morgan fingerprint density at radius 1 is 1.07 bits per heavy atom. The first-order valence-electron chi connectivity index (χ1n) is 3.23. The lowest BCUT2D eigenvalue weighted by molar-refractivity contribution is -0.117. The van der Waals surface area contributed by atoms with Crippen LogP contribution in [0.25, 0.3) is 0 Å². The molecule has 0 saturated carbocycles. The standard InChI is InChI=1S/C5H4F6O2S/c1-3(7)2(6)4(8,9)14(12,13)5(3,10)11/h2H,1H3. The highest BCUT2D eigenvalue weighted by Crippen LogP contribution is 2.57. The molecule has 1 heterocycles. The van der Waals surface area contributed by atoms with E-state index >= 15 is 0 Å². The van der Waals surface area contributed by atoms with Crippen molar-refractivity contribution in [2.45, 2.75) is 29.3 Å². The number of sulfone groups is 1. The lowest BCUT2D eigenvalue weighted by Gasteiger charge is -2.20. The van der Waals surface area contributed by atoms with Crippen LogP contribution in [0.15, 0.2) is 0 Å². The van der Waals surface area contributed by atoms with E-state index in [1.807, 2.05) is 0 Å². The van der Waals surface area contributed by atoms with Gasteiger partial charge in [-0.15, -0.1) is 0 Å². The minimum Gasteiger partial charge on any atom is -0.236 e. The molecular formula is C5H4F6O2S. The summed E-state index contributed by atoms with van der Waals surface area (Å²) in [6, 6.07) is 0. The molecule has 0 aliphatic carbocycles. The first-order valence-corrected chi connectivity index (χ1v) is 4.72. The Morgan fingerprint density at radius 3 is 1.50 bits per heavy atom. The predicted octanol–water partition coefficient (Wildman–Crippen LogP) is 1.67. The highest BCUT2D eigenvalue weighted by atomic mass is 32.2.